The Morgan fingerprint density at radius 3 is 2.38 bits per heavy atom. The fraction of sp³-hybridized carbons (Fsp3) is 1.00. The number of hydrogen-bond acceptors (Lipinski definition) is 1. The molecule has 13 heavy (non-hydrogen) atoms. The summed E-state index contributed by atoms with van der Waals surface area (Å²) in [6.07, 6.45) is 7.81. The Hall–Kier alpha value is 0.250. The van der Waals surface area contributed by atoms with Crippen LogP contribution in [0.4, 0.5) is 0 Å². The van der Waals surface area contributed by atoms with Gasteiger partial charge in [-0.3, -0.25) is 0 Å². The molecule has 0 rings (SSSR count). The zero-order chi connectivity index (χ0) is 9.94. The third kappa shape index (κ3) is 10.2. The molecule has 0 amide bonds. The van der Waals surface area contributed by atoms with Gasteiger partial charge in [-0.2, -0.15) is 0 Å². The summed E-state index contributed by atoms with van der Waals surface area (Å²) in [4.78, 5) is 0. The van der Waals surface area contributed by atoms with Crippen molar-refractivity contribution in [3.8, 4) is 0 Å². The standard InChI is InChI=1S/C11H24ClN/c1-3-5-6-7-8-9-13-10-11(12)4-2/h11,13H,3-10H2,1-2H3. The van der Waals surface area contributed by atoms with Crippen LogP contribution in [0, 0.1) is 0 Å². The molecule has 0 aromatic carbocycles. The summed E-state index contributed by atoms with van der Waals surface area (Å²) in [6.45, 7) is 6.47. The van der Waals surface area contributed by atoms with Crippen molar-refractivity contribution in [3.63, 3.8) is 0 Å². The van der Waals surface area contributed by atoms with E-state index in [2.05, 4.69) is 19.2 Å². The Morgan fingerprint density at radius 1 is 1.08 bits per heavy atom. The minimum absolute atomic E-state index is 0.315. The highest BCUT2D eigenvalue weighted by atomic mass is 35.5. The normalized spacial score (nSPS) is 13.2. The van der Waals surface area contributed by atoms with E-state index in [4.69, 9.17) is 11.6 Å². The van der Waals surface area contributed by atoms with Gasteiger partial charge in [-0.15, -0.1) is 11.6 Å². The summed E-state index contributed by atoms with van der Waals surface area (Å²) in [5.74, 6) is 0. The summed E-state index contributed by atoms with van der Waals surface area (Å²) in [5.41, 5.74) is 0. The van der Waals surface area contributed by atoms with E-state index in [9.17, 15) is 0 Å². The van der Waals surface area contributed by atoms with Crippen LogP contribution in [0.3, 0.4) is 0 Å². The molecule has 1 nitrogen and oxygen atoms in total. The van der Waals surface area contributed by atoms with E-state index in [1.54, 1.807) is 0 Å². The average Bonchev–Trinajstić information content (AvgIpc) is 2.16. The first-order valence-electron chi connectivity index (χ1n) is 5.66. The van der Waals surface area contributed by atoms with Gasteiger partial charge in [0.25, 0.3) is 0 Å². The largest absolute Gasteiger partial charge is 0.315 e. The number of rotatable bonds is 9. The molecule has 0 radical (unpaired) electrons. The molecule has 1 unspecified atom stereocenters. The van der Waals surface area contributed by atoms with Crippen molar-refractivity contribution in [2.45, 2.75) is 57.7 Å². The monoisotopic (exact) mass is 205 g/mol. The Bertz CT molecular complexity index is 96.1. The third-order valence-electron chi connectivity index (χ3n) is 2.27. The van der Waals surface area contributed by atoms with Crippen LogP contribution in [-0.2, 0) is 0 Å². The smallest absolute Gasteiger partial charge is 0.0458 e. The molecule has 0 aliphatic heterocycles. The molecule has 0 fully saturated rings. The summed E-state index contributed by atoms with van der Waals surface area (Å²) in [7, 11) is 0. The maximum Gasteiger partial charge on any atom is 0.0458 e. The van der Waals surface area contributed by atoms with Crippen LogP contribution in [0.1, 0.15) is 52.4 Å². The molecule has 0 heterocycles. The lowest BCUT2D eigenvalue weighted by Crippen LogP contribution is -2.23. The quantitative estimate of drug-likeness (QED) is 0.449. The van der Waals surface area contributed by atoms with Crippen LogP contribution >= 0.6 is 11.6 Å². The van der Waals surface area contributed by atoms with Gasteiger partial charge in [0, 0.05) is 11.9 Å². The van der Waals surface area contributed by atoms with E-state index >= 15 is 0 Å². The summed E-state index contributed by atoms with van der Waals surface area (Å²) < 4.78 is 0. The van der Waals surface area contributed by atoms with Crippen molar-refractivity contribution >= 4 is 11.6 Å². The fourth-order valence-corrected chi connectivity index (χ4v) is 1.37. The van der Waals surface area contributed by atoms with Crippen molar-refractivity contribution in [1.82, 2.24) is 5.32 Å². The van der Waals surface area contributed by atoms with Gasteiger partial charge in [0.1, 0.15) is 0 Å². The zero-order valence-corrected chi connectivity index (χ0v) is 9.87. The van der Waals surface area contributed by atoms with Gasteiger partial charge in [-0.1, -0.05) is 39.5 Å². The molecule has 0 saturated heterocycles. The van der Waals surface area contributed by atoms with Gasteiger partial charge in [0.05, 0.1) is 0 Å². The molecule has 2 heteroatoms. The highest BCUT2D eigenvalue weighted by molar-refractivity contribution is 6.20. The minimum atomic E-state index is 0.315. The second-order valence-corrected chi connectivity index (χ2v) is 4.24. The van der Waals surface area contributed by atoms with Crippen LogP contribution in [0.15, 0.2) is 0 Å². The third-order valence-corrected chi connectivity index (χ3v) is 2.73. The second kappa shape index (κ2) is 10.3. The van der Waals surface area contributed by atoms with E-state index < -0.39 is 0 Å². The molecule has 0 aliphatic rings. The fourth-order valence-electron chi connectivity index (χ4n) is 1.26. The predicted molar refractivity (Wildman–Crippen MR) is 61.6 cm³/mol. The van der Waals surface area contributed by atoms with Gasteiger partial charge in [0.2, 0.25) is 0 Å². The van der Waals surface area contributed by atoms with E-state index in [1.165, 1.54) is 32.1 Å². The van der Waals surface area contributed by atoms with Gasteiger partial charge < -0.3 is 5.32 Å². The molecule has 80 valence electrons. The number of halogens is 1. The Labute approximate surface area is 88.2 Å². The maximum atomic E-state index is 5.97. The molecular weight excluding hydrogens is 182 g/mol. The molecule has 0 aliphatic carbocycles. The number of unbranched alkanes of at least 4 members (excludes halogenated alkanes) is 4. The van der Waals surface area contributed by atoms with Crippen LogP contribution in [-0.4, -0.2) is 18.5 Å². The molecule has 1 N–H and O–H groups in total. The van der Waals surface area contributed by atoms with Crippen molar-refractivity contribution < 1.29 is 0 Å². The number of hydrogen-bond donors (Lipinski definition) is 1. The predicted octanol–water partition coefficient (Wildman–Crippen LogP) is 3.56. The van der Waals surface area contributed by atoms with Crippen LogP contribution in [0.25, 0.3) is 0 Å². The maximum absolute atomic E-state index is 5.97. The first-order chi connectivity index (χ1) is 6.31. The van der Waals surface area contributed by atoms with Crippen molar-refractivity contribution in [2.24, 2.45) is 0 Å². The van der Waals surface area contributed by atoms with E-state index in [0.717, 1.165) is 19.5 Å². The molecule has 0 aromatic rings. The lowest BCUT2D eigenvalue weighted by atomic mass is 10.1. The van der Waals surface area contributed by atoms with E-state index in [1.807, 2.05) is 0 Å². The van der Waals surface area contributed by atoms with Crippen LogP contribution in [0.5, 0.6) is 0 Å². The molecule has 1 atom stereocenters. The number of nitrogens with one attached hydrogen (secondary N) is 1. The minimum Gasteiger partial charge on any atom is -0.315 e. The summed E-state index contributed by atoms with van der Waals surface area (Å²) in [6, 6.07) is 0. The van der Waals surface area contributed by atoms with Gasteiger partial charge in [0.15, 0.2) is 0 Å². The van der Waals surface area contributed by atoms with E-state index in [-0.39, 0.29) is 0 Å². The average molecular weight is 206 g/mol. The number of alkyl halides is 1. The lowest BCUT2D eigenvalue weighted by Gasteiger charge is -2.07. The Balaban J connectivity index is 2.91. The van der Waals surface area contributed by atoms with Crippen LogP contribution < -0.4 is 5.32 Å². The molecule has 0 saturated carbocycles. The van der Waals surface area contributed by atoms with Gasteiger partial charge >= 0.3 is 0 Å². The highest BCUT2D eigenvalue weighted by Crippen LogP contribution is 2.02. The molecule has 0 spiro atoms. The first-order valence-corrected chi connectivity index (χ1v) is 6.09. The highest BCUT2D eigenvalue weighted by Gasteiger charge is 1.98. The van der Waals surface area contributed by atoms with Crippen molar-refractivity contribution in [2.75, 3.05) is 13.1 Å². The van der Waals surface area contributed by atoms with Gasteiger partial charge in [-0.25, -0.2) is 0 Å². The lowest BCUT2D eigenvalue weighted by molar-refractivity contribution is 0.574. The van der Waals surface area contributed by atoms with Crippen LogP contribution in [0.2, 0.25) is 0 Å². The topological polar surface area (TPSA) is 12.0 Å². The van der Waals surface area contributed by atoms with Crippen molar-refractivity contribution in [3.05, 3.63) is 0 Å². The molecule has 0 bridgehead atoms. The molecular formula is C11H24ClN. The van der Waals surface area contributed by atoms with Crippen molar-refractivity contribution in [1.29, 1.82) is 0 Å². The van der Waals surface area contributed by atoms with Gasteiger partial charge in [-0.05, 0) is 19.4 Å². The summed E-state index contributed by atoms with van der Waals surface area (Å²) >= 11 is 5.97. The second-order valence-electron chi connectivity index (χ2n) is 3.62. The zero-order valence-electron chi connectivity index (χ0n) is 9.11. The summed E-state index contributed by atoms with van der Waals surface area (Å²) in [5, 5.41) is 3.70. The Morgan fingerprint density at radius 2 is 1.77 bits per heavy atom. The SMILES string of the molecule is CCCCCCCNCC(Cl)CC. The van der Waals surface area contributed by atoms with E-state index in [0.29, 0.717) is 5.38 Å². The first kappa shape index (κ1) is 13.2. The molecule has 0 aromatic heterocycles. The Kier molecular flexibility index (Phi) is 10.5.